The smallest absolute Gasteiger partial charge is 0.235 e. The molecular weight excluding hydrogens is 355 g/mol. The number of rotatable bonds is 7. The van der Waals surface area contributed by atoms with E-state index in [2.05, 4.69) is 10.2 Å². The Labute approximate surface area is 154 Å². The SMILES string of the molecule is CC(C)c1nnc(SC(C(N)=O)c2ccc(F)cc2)n1Cc1ccco1. The van der Waals surface area contributed by atoms with Gasteiger partial charge in [0.1, 0.15) is 22.7 Å². The van der Waals surface area contributed by atoms with Gasteiger partial charge in [-0.1, -0.05) is 37.7 Å². The third kappa shape index (κ3) is 3.96. The van der Waals surface area contributed by atoms with Crippen molar-refractivity contribution < 1.29 is 13.6 Å². The summed E-state index contributed by atoms with van der Waals surface area (Å²) in [4.78, 5) is 12.0. The van der Waals surface area contributed by atoms with Gasteiger partial charge in [0, 0.05) is 5.92 Å². The quantitative estimate of drug-likeness (QED) is 0.640. The van der Waals surface area contributed by atoms with Gasteiger partial charge in [-0.25, -0.2) is 4.39 Å². The van der Waals surface area contributed by atoms with E-state index in [4.69, 9.17) is 10.2 Å². The van der Waals surface area contributed by atoms with Crippen LogP contribution >= 0.6 is 11.8 Å². The van der Waals surface area contributed by atoms with Crippen LogP contribution in [0.4, 0.5) is 4.39 Å². The lowest BCUT2D eigenvalue weighted by atomic mass is 10.1. The molecule has 0 bridgehead atoms. The third-order valence-corrected chi connectivity index (χ3v) is 5.06. The molecule has 1 amide bonds. The first kappa shape index (κ1) is 18.2. The van der Waals surface area contributed by atoms with Crippen molar-refractivity contribution >= 4 is 17.7 Å². The van der Waals surface area contributed by atoms with E-state index < -0.39 is 11.2 Å². The molecule has 136 valence electrons. The Morgan fingerprint density at radius 1 is 1.27 bits per heavy atom. The van der Waals surface area contributed by atoms with Crippen molar-refractivity contribution in [2.24, 2.45) is 5.73 Å². The zero-order valence-corrected chi connectivity index (χ0v) is 15.2. The summed E-state index contributed by atoms with van der Waals surface area (Å²) in [6, 6.07) is 9.39. The first-order chi connectivity index (χ1) is 12.5. The van der Waals surface area contributed by atoms with Crippen LogP contribution in [0.5, 0.6) is 0 Å². The van der Waals surface area contributed by atoms with Crippen molar-refractivity contribution in [2.75, 3.05) is 0 Å². The molecule has 2 aromatic heterocycles. The van der Waals surface area contributed by atoms with Crippen LogP contribution in [0.15, 0.2) is 52.2 Å². The lowest BCUT2D eigenvalue weighted by Crippen LogP contribution is -2.20. The molecule has 6 nitrogen and oxygen atoms in total. The van der Waals surface area contributed by atoms with E-state index in [9.17, 15) is 9.18 Å². The Bertz CT molecular complexity index is 875. The minimum atomic E-state index is -0.699. The van der Waals surface area contributed by atoms with Gasteiger partial charge in [0.25, 0.3) is 0 Å². The maximum Gasteiger partial charge on any atom is 0.235 e. The van der Waals surface area contributed by atoms with E-state index in [1.54, 1.807) is 18.4 Å². The second-order valence-corrected chi connectivity index (χ2v) is 7.19. The fraction of sp³-hybridized carbons (Fsp3) is 0.278. The molecular formula is C18H19FN4O2S. The number of halogens is 1. The van der Waals surface area contributed by atoms with Gasteiger partial charge in [0.15, 0.2) is 5.16 Å². The van der Waals surface area contributed by atoms with Crippen molar-refractivity contribution in [2.45, 2.75) is 36.7 Å². The van der Waals surface area contributed by atoms with E-state index in [-0.39, 0.29) is 11.7 Å². The van der Waals surface area contributed by atoms with Gasteiger partial charge in [0.05, 0.1) is 12.8 Å². The van der Waals surface area contributed by atoms with Gasteiger partial charge in [-0.05, 0) is 29.8 Å². The molecule has 0 saturated heterocycles. The van der Waals surface area contributed by atoms with E-state index in [1.165, 1.54) is 23.9 Å². The summed E-state index contributed by atoms with van der Waals surface area (Å²) in [6.07, 6.45) is 1.60. The molecule has 1 aromatic carbocycles. The molecule has 2 N–H and O–H groups in total. The summed E-state index contributed by atoms with van der Waals surface area (Å²) in [7, 11) is 0. The highest BCUT2D eigenvalue weighted by molar-refractivity contribution is 8.00. The predicted octanol–water partition coefficient (Wildman–Crippen LogP) is 3.50. The number of aromatic nitrogens is 3. The second kappa shape index (κ2) is 7.74. The highest BCUT2D eigenvalue weighted by Gasteiger charge is 2.25. The van der Waals surface area contributed by atoms with Gasteiger partial charge in [0.2, 0.25) is 5.91 Å². The van der Waals surface area contributed by atoms with Crippen molar-refractivity contribution in [1.29, 1.82) is 0 Å². The second-order valence-electron chi connectivity index (χ2n) is 6.11. The highest BCUT2D eigenvalue weighted by Crippen LogP contribution is 2.35. The Balaban J connectivity index is 1.94. The molecule has 1 unspecified atom stereocenters. The number of primary amides is 1. The van der Waals surface area contributed by atoms with E-state index in [1.807, 2.05) is 30.5 Å². The van der Waals surface area contributed by atoms with Crippen molar-refractivity contribution in [3.05, 3.63) is 65.6 Å². The van der Waals surface area contributed by atoms with Gasteiger partial charge < -0.3 is 10.2 Å². The van der Waals surface area contributed by atoms with Crippen LogP contribution in [-0.4, -0.2) is 20.7 Å². The summed E-state index contributed by atoms with van der Waals surface area (Å²) in [5, 5.41) is 8.35. The molecule has 2 heterocycles. The maximum absolute atomic E-state index is 13.2. The Hall–Kier alpha value is -2.61. The normalized spacial score (nSPS) is 12.5. The average molecular weight is 374 g/mol. The van der Waals surface area contributed by atoms with Gasteiger partial charge in [-0.3, -0.25) is 9.36 Å². The summed E-state index contributed by atoms with van der Waals surface area (Å²) < 4.78 is 20.5. The minimum absolute atomic E-state index is 0.143. The molecule has 0 radical (unpaired) electrons. The summed E-state index contributed by atoms with van der Waals surface area (Å²) in [6.45, 7) is 4.48. The van der Waals surface area contributed by atoms with Crippen LogP contribution in [0, 0.1) is 5.82 Å². The number of furan rings is 1. The van der Waals surface area contributed by atoms with Crippen molar-refractivity contribution in [3.8, 4) is 0 Å². The fourth-order valence-corrected chi connectivity index (χ4v) is 3.55. The monoisotopic (exact) mass is 374 g/mol. The van der Waals surface area contributed by atoms with Crippen LogP contribution in [0.2, 0.25) is 0 Å². The average Bonchev–Trinajstić information content (AvgIpc) is 3.24. The standard InChI is InChI=1S/C18H19FN4O2S/c1-11(2)17-21-22-18(23(17)10-14-4-3-9-25-14)26-15(16(20)24)12-5-7-13(19)8-6-12/h3-9,11,15H,10H2,1-2H3,(H2,20,24). The number of hydrogen-bond donors (Lipinski definition) is 1. The molecule has 0 spiro atoms. The molecule has 0 aliphatic carbocycles. The number of nitrogens with zero attached hydrogens (tertiary/aromatic N) is 3. The van der Waals surface area contributed by atoms with Gasteiger partial charge in [-0.2, -0.15) is 0 Å². The van der Waals surface area contributed by atoms with Gasteiger partial charge >= 0.3 is 0 Å². The number of nitrogens with two attached hydrogens (primary N) is 1. The zero-order chi connectivity index (χ0) is 18.7. The lowest BCUT2D eigenvalue weighted by molar-refractivity contribution is -0.117. The van der Waals surface area contributed by atoms with Crippen LogP contribution < -0.4 is 5.73 Å². The minimum Gasteiger partial charge on any atom is -0.467 e. The van der Waals surface area contributed by atoms with Gasteiger partial charge in [-0.15, -0.1) is 10.2 Å². The Morgan fingerprint density at radius 3 is 2.58 bits per heavy atom. The molecule has 0 fully saturated rings. The van der Waals surface area contributed by atoms with Crippen molar-refractivity contribution in [1.82, 2.24) is 14.8 Å². The molecule has 3 rings (SSSR count). The molecule has 3 aromatic rings. The van der Waals surface area contributed by atoms with Crippen molar-refractivity contribution in [3.63, 3.8) is 0 Å². The van der Waals surface area contributed by atoms with E-state index >= 15 is 0 Å². The van der Waals surface area contributed by atoms with Crippen LogP contribution in [-0.2, 0) is 11.3 Å². The summed E-state index contributed by atoms with van der Waals surface area (Å²) >= 11 is 1.19. The summed E-state index contributed by atoms with van der Waals surface area (Å²) in [5.41, 5.74) is 6.19. The number of thioether (sulfide) groups is 1. The third-order valence-electron chi connectivity index (χ3n) is 3.81. The van der Waals surface area contributed by atoms with E-state index in [0.717, 1.165) is 11.6 Å². The fourth-order valence-electron chi connectivity index (χ4n) is 2.55. The Morgan fingerprint density at radius 2 is 2.00 bits per heavy atom. The largest absolute Gasteiger partial charge is 0.467 e. The number of carbonyl (C=O) groups is 1. The van der Waals surface area contributed by atoms with E-state index in [0.29, 0.717) is 17.3 Å². The Kier molecular flexibility index (Phi) is 5.41. The first-order valence-corrected chi connectivity index (χ1v) is 9.00. The molecule has 0 saturated carbocycles. The van der Waals surface area contributed by atoms with Crippen LogP contribution in [0.1, 0.15) is 42.2 Å². The van der Waals surface area contributed by atoms with Crippen LogP contribution in [0.3, 0.4) is 0 Å². The predicted molar refractivity (Wildman–Crippen MR) is 96.1 cm³/mol. The molecule has 8 heteroatoms. The summed E-state index contributed by atoms with van der Waals surface area (Å²) in [5.74, 6) is 0.784. The topological polar surface area (TPSA) is 86.9 Å². The first-order valence-electron chi connectivity index (χ1n) is 8.12. The molecule has 1 atom stereocenters. The molecule has 26 heavy (non-hydrogen) atoms. The lowest BCUT2D eigenvalue weighted by Gasteiger charge is -2.15. The zero-order valence-electron chi connectivity index (χ0n) is 14.4. The van der Waals surface area contributed by atoms with Crippen LogP contribution in [0.25, 0.3) is 0 Å². The number of hydrogen-bond acceptors (Lipinski definition) is 5. The number of carbonyl (C=O) groups excluding carboxylic acids is 1. The molecule has 0 aliphatic heterocycles. The highest BCUT2D eigenvalue weighted by atomic mass is 32.2. The molecule has 0 aliphatic rings. The maximum atomic E-state index is 13.2. The number of amides is 1. The number of benzene rings is 1.